The third-order valence-electron chi connectivity index (χ3n) is 2.37. The molecule has 0 amide bonds. The summed E-state index contributed by atoms with van der Waals surface area (Å²) in [4.78, 5) is 16.0. The van der Waals surface area contributed by atoms with Crippen molar-refractivity contribution in [3.8, 4) is 5.88 Å². The zero-order valence-corrected chi connectivity index (χ0v) is 9.02. The van der Waals surface area contributed by atoms with Gasteiger partial charge in [0.25, 0.3) is 5.56 Å². The van der Waals surface area contributed by atoms with E-state index in [4.69, 9.17) is 4.74 Å². The lowest BCUT2D eigenvalue weighted by Crippen LogP contribution is -2.21. The molecule has 0 saturated heterocycles. The van der Waals surface area contributed by atoms with E-state index in [0.29, 0.717) is 18.0 Å². The van der Waals surface area contributed by atoms with Gasteiger partial charge in [0.05, 0.1) is 19.0 Å². The SMILES string of the molecule is CCOc1cn2c(C)ncc2c(=O)n1C. The first-order valence-electron chi connectivity index (χ1n) is 4.81. The van der Waals surface area contributed by atoms with Crippen LogP contribution in [0.1, 0.15) is 12.7 Å². The van der Waals surface area contributed by atoms with Crippen molar-refractivity contribution in [1.82, 2.24) is 14.0 Å². The van der Waals surface area contributed by atoms with Crippen LogP contribution in [0.3, 0.4) is 0 Å². The van der Waals surface area contributed by atoms with Gasteiger partial charge in [0.1, 0.15) is 11.3 Å². The zero-order chi connectivity index (χ0) is 11.0. The first kappa shape index (κ1) is 9.76. The Kier molecular flexibility index (Phi) is 2.22. The molecule has 2 heterocycles. The Bertz CT molecular complexity index is 554. The highest BCUT2D eigenvalue weighted by atomic mass is 16.5. The molecule has 0 unspecified atom stereocenters. The minimum absolute atomic E-state index is 0.0958. The van der Waals surface area contributed by atoms with E-state index in [-0.39, 0.29) is 5.56 Å². The fourth-order valence-corrected chi connectivity index (χ4v) is 1.53. The van der Waals surface area contributed by atoms with E-state index in [1.165, 1.54) is 4.57 Å². The monoisotopic (exact) mass is 207 g/mol. The summed E-state index contributed by atoms with van der Waals surface area (Å²) in [7, 11) is 1.69. The number of ether oxygens (including phenoxy) is 1. The first-order chi connectivity index (χ1) is 7.15. The molecular formula is C10H13N3O2. The quantitative estimate of drug-likeness (QED) is 0.729. The molecule has 5 heteroatoms. The number of hydrogen-bond acceptors (Lipinski definition) is 3. The molecule has 15 heavy (non-hydrogen) atoms. The molecule has 2 rings (SSSR count). The first-order valence-corrected chi connectivity index (χ1v) is 4.81. The molecule has 0 radical (unpaired) electrons. The molecule has 0 fully saturated rings. The molecule has 0 aliphatic carbocycles. The average Bonchev–Trinajstić information content (AvgIpc) is 2.57. The van der Waals surface area contributed by atoms with Crippen LogP contribution in [0.4, 0.5) is 0 Å². The van der Waals surface area contributed by atoms with E-state index in [1.54, 1.807) is 23.8 Å². The van der Waals surface area contributed by atoms with Crippen molar-refractivity contribution >= 4 is 5.52 Å². The van der Waals surface area contributed by atoms with Crippen LogP contribution in [0.25, 0.3) is 5.52 Å². The van der Waals surface area contributed by atoms with Crippen LogP contribution in [-0.2, 0) is 7.05 Å². The lowest BCUT2D eigenvalue weighted by atomic mass is 10.5. The second-order valence-electron chi connectivity index (χ2n) is 3.33. The predicted octanol–water partition coefficient (Wildman–Crippen LogP) is 0.740. The van der Waals surface area contributed by atoms with E-state index < -0.39 is 0 Å². The van der Waals surface area contributed by atoms with Crippen molar-refractivity contribution < 1.29 is 4.74 Å². The van der Waals surface area contributed by atoms with Crippen LogP contribution in [0.15, 0.2) is 17.2 Å². The van der Waals surface area contributed by atoms with Crippen molar-refractivity contribution in [1.29, 1.82) is 0 Å². The molecule has 80 valence electrons. The molecule has 2 aromatic heterocycles. The molecule has 0 atom stereocenters. The minimum atomic E-state index is -0.0958. The van der Waals surface area contributed by atoms with Gasteiger partial charge in [0.15, 0.2) is 0 Å². The fraction of sp³-hybridized carbons (Fsp3) is 0.400. The summed E-state index contributed by atoms with van der Waals surface area (Å²) in [5, 5.41) is 0. The van der Waals surface area contributed by atoms with E-state index in [1.807, 2.05) is 13.8 Å². The highest BCUT2D eigenvalue weighted by Gasteiger charge is 2.08. The lowest BCUT2D eigenvalue weighted by Gasteiger charge is -2.09. The number of aryl methyl sites for hydroxylation is 1. The molecule has 0 bridgehead atoms. The van der Waals surface area contributed by atoms with Crippen molar-refractivity contribution in [2.24, 2.45) is 7.05 Å². The van der Waals surface area contributed by atoms with Crippen LogP contribution >= 0.6 is 0 Å². The van der Waals surface area contributed by atoms with E-state index >= 15 is 0 Å². The van der Waals surface area contributed by atoms with Crippen LogP contribution in [0.5, 0.6) is 5.88 Å². The topological polar surface area (TPSA) is 48.5 Å². The maximum Gasteiger partial charge on any atom is 0.278 e. The molecule has 2 aromatic rings. The van der Waals surface area contributed by atoms with E-state index in [0.717, 1.165) is 5.82 Å². The zero-order valence-electron chi connectivity index (χ0n) is 9.02. The van der Waals surface area contributed by atoms with Crippen molar-refractivity contribution in [2.45, 2.75) is 13.8 Å². The van der Waals surface area contributed by atoms with Crippen LogP contribution in [0.2, 0.25) is 0 Å². The number of aromatic nitrogens is 3. The number of nitrogens with zero attached hydrogens (tertiary/aromatic N) is 3. The molecule has 0 aromatic carbocycles. The van der Waals surface area contributed by atoms with E-state index in [2.05, 4.69) is 4.98 Å². The smallest absolute Gasteiger partial charge is 0.278 e. The van der Waals surface area contributed by atoms with Gasteiger partial charge < -0.3 is 4.74 Å². The second-order valence-corrected chi connectivity index (χ2v) is 3.33. The molecule has 0 N–H and O–H groups in total. The molecule has 0 saturated carbocycles. The van der Waals surface area contributed by atoms with Gasteiger partial charge in [-0.15, -0.1) is 0 Å². The highest BCUT2D eigenvalue weighted by molar-refractivity contribution is 5.45. The highest BCUT2D eigenvalue weighted by Crippen LogP contribution is 2.10. The van der Waals surface area contributed by atoms with Gasteiger partial charge in [-0.3, -0.25) is 13.8 Å². The van der Waals surface area contributed by atoms with Crippen molar-refractivity contribution in [3.05, 3.63) is 28.6 Å². The number of rotatable bonds is 2. The average molecular weight is 207 g/mol. The Morgan fingerprint density at radius 3 is 2.93 bits per heavy atom. The maximum absolute atomic E-state index is 11.9. The fourth-order valence-electron chi connectivity index (χ4n) is 1.53. The molecule has 0 spiro atoms. The van der Waals surface area contributed by atoms with Crippen LogP contribution in [0, 0.1) is 6.92 Å². The summed E-state index contributed by atoms with van der Waals surface area (Å²) in [6.45, 7) is 4.27. The Hall–Kier alpha value is -1.78. The van der Waals surface area contributed by atoms with Gasteiger partial charge in [-0.1, -0.05) is 0 Å². The van der Waals surface area contributed by atoms with Gasteiger partial charge in [-0.05, 0) is 13.8 Å². The normalized spacial score (nSPS) is 10.9. The Labute approximate surface area is 86.9 Å². The van der Waals surface area contributed by atoms with Crippen molar-refractivity contribution in [2.75, 3.05) is 6.61 Å². The van der Waals surface area contributed by atoms with Gasteiger partial charge in [-0.2, -0.15) is 0 Å². The van der Waals surface area contributed by atoms with Crippen molar-refractivity contribution in [3.63, 3.8) is 0 Å². The summed E-state index contributed by atoms with van der Waals surface area (Å²) in [6, 6.07) is 0. The third-order valence-corrected chi connectivity index (χ3v) is 2.37. The van der Waals surface area contributed by atoms with Gasteiger partial charge in [-0.25, -0.2) is 4.98 Å². The van der Waals surface area contributed by atoms with Crippen LogP contribution < -0.4 is 10.3 Å². The molecule has 5 nitrogen and oxygen atoms in total. The number of imidazole rings is 1. The van der Waals surface area contributed by atoms with E-state index in [9.17, 15) is 4.79 Å². The summed E-state index contributed by atoms with van der Waals surface area (Å²) in [5.74, 6) is 1.33. The molecule has 0 aliphatic rings. The van der Waals surface area contributed by atoms with Gasteiger partial charge in [0.2, 0.25) is 5.88 Å². The Balaban J connectivity index is 2.79. The number of fused-ring (bicyclic) bond motifs is 1. The summed E-state index contributed by atoms with van der Waals surface area (Å²) >= 11 is 0. The lowest BCUT2D eigenvalue weighted by molar-refractivity contribution is 0.309. The minimum Gasteiger partial charge on any atom is -0.478 e. The van der Waals surface area contributed by atoms with Crippen LogP contribution in [-0.4, -0.2) is 20.6 Å². The second kappa shape index (κ2) is 3.42. The predicted molar refractivity (Wildman–Crippen MR) is 56.3 cm³/mol. The third kappa shape index (κ3) is 1.40. The Morgan fingerprint density at radius 2 is 2.27 bits per heavy atom. The summed E-state index contributed by atoms with van der Waals surface area (Å²) < 4.78 is 8.59. The number of hydrogen-bond donors (Lipinski definition) is 0. The standard InChI is InChI=1S/C10H13N3O2/c1-4-15-9-6-13-7(2)11-5-8(13)10(14)12(9)3/h5-6H,4H2,1-3H3. The summed E-state index contributed by atoms with van der Waals surface area (Å²) in [6.07, 6.45) is 3.36. The summed E-state index contributed by atoms with van der Waals surface area (Å²) in [5.41, 5.74) is 0.472. The van der Waals surface area contributed by atoms with Gasteiger partial charge >= 0.3 is 0 Å². The Morgan fingerprint density at radius 1 is 1.53 bits per heavy atom. The van der Waals surface area contributed by atoms with Gasteiger partial charge in [0, 0.05) is 7.05 Å². The maximum atomic E-state index is 11.9. The molecule has 0 aliphatic heterocycles. The molecular weight excluding hydrogens is 194 g/mol. The largest absolute Gasteiger partial charge is 0.478 e.